The molecule has 0 aliphatic rings. The molecule has 0 saturated carbocycles. The lowest BCUT2D eigenvalue weighted by Gasteiger charge is -2.06. The summed E-state index contributed by atoms with van der Waals surface area (Å²) in [5.74, 6) is -1.19. The fraction of sp³-hybridized carbons (Fsp3) is 0.286. The maximum Gasteiger partial charge on any atom is 0.366 e. The number of ether oxygens (including phenoxy) is 2. The predicted molar refractivity (Wildman–Crippen MR) is 117 cm³/mol. The van der Waals surface area contributed by atoms with E-state index in [1.807, 2.05) is 37.3 Å². The van der Waals surface area contributed by atoms with Gasteiger partial charge in [0.25, 0.3) is 0 Å². The molecule has 2 rings (SSSR count). The highest BCUT2D eigenvalue weighted by Crippen LogP contribution is 2.16. The van der Waals surface area contributed by atoms with Crippen molar-refractivity contribution in [3.8, 4) is 0 Å². The second-order valence-corrected chi connectivity index (χ2v) is 8.90. The Morgan fingerprint density at radius 3 is 2.35 bits per heavy atom. The maximum atomic E-state index is 12.2. The highest BCUT2D eigenvalue weighted by Gasteiger charge is 2.20. The van der Waals surface area contributed by atoms with E-state index in [1.165, 1.54) is 12.1 Å². The lowest BCUT2D eigenvalue weighted by Crippen LogP contribution is -2.16. The quantitative estimate of drug-likeness (QED) is 0.241. The Morgan fingerprint density at radius 1 is 1.03 bits per heavy atom. The molecule has 0 radical (unpaired) electrons. The summed E-state index contributed by atoms with van der Waals surface area (Å²) < 4.78 is 38.8. The van der Waals surface area contributed by atoms with Crippen LogP contribution < -0.4 is 0 Å². The maximum absolute atomic E-state index is 12.2. The Morgan fingerprint density at radius 2 is 1.71 bits per heavy atom. The van der Waals surface area contributed by atoms with Crippen LogP contribution in [-0.4, -0.2) is 44.9 Å². The summed E-state index contributed by atoms with van der Waals surface area (Å²) in [4.78, 5) is 23.6. The number of nitrogens with zero attached hydrogens (tertiary/aromatic N) is 1. The van der Waals surface area contributed by atoms with Gasteiger partial charge in [0.15, 0.2) is 0 Å². The first-order chi connectivity index (χ1) is 14.8. The molecule has 8 nitrogen and oxygen atoms in total. The van der Waals surface area contributed by atoms with Crippen LogP contribution in [0.4, 0.5) is 0 Å². The van der Waals surface area contributed by atoms with Crippen molar-refractivity contribution < 1.29 is 31.8 Å². The van der Waals surface area contributed by atoms with Crippen molar-refractivity contribution >= 4 is 38.9 Å². The Bertz CT molecular complexity index is 1000. The zero-order valence-electron chi connectivity index (χ0n) is 17.1. The first kappa shape index (κ1) is 24.4. The van der Waals surface area contributed by atoms with Gasteiger partial charge in [-0.2, -0.15) is 8.42 Å². The second kappa shape index (κ2) is 12.1. The normalized spacial score (nSPS) is 11.6. The van der Waals surface area contributed by atoms with Crippen LogP contribution in [0.15, 0.2) is 64.6 Å². The van der Waals surface area contributed by atoms with Gasteiger partial charge >= 0.3 is 22.1 Å². The molecular formula is C21H23NO7S2. The van der Waals surface area contributed by atoms with Gasteiger partial charge in [-0.3, -0.25) is 9.08 Å². The van der Waals surface area contributed by atoms with E-state index in [1.54, 1.807) is 12.1 Å². The van der Waals surface area contributed by atoms with Crippen LogP contribution in [0.3, 0.4) is 0 Å². The Labute approximate surface area is 185 Å². The number of benzene rings is 2. The standard InChI is InChI=1S/C21H23NO7S2/c1-16-8-10-18(11-9-16)31(25,26)29-22-20(21(24)27-2)30-15-13-19(23)28-14-12-17-6-4-3-5-7-17/h3-11H,12-15H2,1-2H3/b22-20-. The third kappa shape index (κ3) is 8.42. The van der Waals surface area contributed by atoms with Gasteiger partial charge in [0.1, 0.15) is 4.90 Å². The molecule has 2 aromatic carbocycles. The number of thioether (sulfide) groups is 1. The van der Waals surface area contributed by atoms with E-state index in [0.717, 1.165) is 30.0 Å². The van der Waals surface area contributed by atoms with E-state index >= 15 is 0 Å². The first-order valence-electron chi connectivity index (χ1n) is 9.31. The lowest BCUT2D eigenvalue weighted by atomic mass is 10.2. The Kier molecular flexibility index (Phi) is 9.54. The molecule has 0 N–H and O–H groups in total. The molecule has 0 unspecified atom stereocenters. The number of rotatable bonds is 9. The molecule has 2 aromatic rings. The van der Waals surface area contributed by atoms with Gasteiger partial charge in [0.2, 0.25) is 5.04 Å². The average Bonchev–Trinajstić information content (AvgIpc) is 2.76. The number of carbonyl (C=O) groups is 2. The molecular weight excluding hydrogens is 442 g/mol. The number of hydrogen-bond donors (Lipinski definition) is 0. The van der Waals surface area contributed by atoms with Crippen molar-refractivity contribution in [3.63, 3.8) is 0 Å². The summed E-state index contributed by atoms with van der Waals surface area (Å²) >= 11 is 0.836. The molecule has 0 bridgehead atoms. The number of methoxy groups -OCH3 is 1. The van der Waals surface area contributed by atoms with Crippen LogP contribution in [-0.2, 0) is 39.9 Å². The largest absolute Gasteiger partial charge is 0.465 e. The monoisotopic (exact) mass is 465 g/mol. The summed E-state index contributed by atoms with van der Waals surface area (Å²) in [5, 5.41) is 3.10. The van der Waals surface area contributed by atoms with E-state index in [4.69, 9.17) is 4.74 Å². The number of hydrogen-bond acceptors (Lipinski definition) is 9. The molecule has 31 heavy (non-hydrogen) atoms. The summed E-state index contributed by atoms with van der Waals surface area (Å²) in [6, 6.07) is 15.6. The van der Waals surface area contributed by atoms with E-state index in [2.05, 4.69) is 14.2 Å². The fourth-order valence-corrected chi connectivity index (χ4v) is 3.80. The number of esters is 2. The van der Waals surface area contributed by atoms with Crippen LogP contribution in [0.25, 0.3) is 0 Å². The van der Waals surface area contributed by atoms with Gasteiger partial charge in [-0.15, -0.1) is 0 Å². The van der Waals surface area contributed by atoms with Crippen molar-refractivity contribution in [2.45, 2.75) is 24.7 Å². The van der Waals surface area contributed by atoms with E-state index < -0.39 is 22.1 Å². The number of oxime groups is 1. The second-order valence-electron chi connectivity index (χ2n) is 6.28. The lowest BCUT2D eigenvalue weighted by molar-refractivity contribution is -0.143. The molecule has 0 saturated heterocycles. The van der Waals surface area contributed by atoms with Gasteiger partial charge in [-0.05, 0) is 24.6 Å². The minimum absolute atomic E-state index is 0.000181. The van der Waals surface area contributed by atoms with Crippen LogP contribution >= 0.6 is 11.8 Å². The Hall–Kier alpha value is -2.85. The van der Waals surface area contributed by atoms with Gasteiger partial charge in [0, 0.05) is 12.2 Å². The minimum Gasteiger partial charge on any atom is -0.465 e. The predicted octanol–water partition coefficient (Wildman–Crippen LogP) is 3.10. The topological polar surface area (TPSA) is 108 Å². The Balaban J connectivity index is 1.85. The summed E-state index contributed by atoms with van der Waals surface area (Å²) in [6.07, 6.45) is 0.597. The number of aryl methyl sites for hydroxylation is 1. The van der Waals surface area contributed by atoms with Crippen molar-refractivity contribution in [3.05, 3.63) is 65.7 Å². The van der Waals surface area contributed by atoms with E-state index in [9.17, 15) is 18.0 Å². The molecule has 0 amide bonds. The van der Waals surface area contributed by atoms with E-state index in [-0.39, 0.29) is 28.7 Å². The van der Waals surface area contributed by atoms with Gasteiger partial charge < -0.3 is 9.47 Å². The molecule has 0 aliphatic carbocycles. The molecule has 10 heteroatoms. The molecule has 0 aliphatic heterocycles. The van der Waals surface area contributed by atoms with Crippen LogP contribution in [0.2, 0.25) is 0 Å². The zero-order chi connectivity index (χ0) is 22.7. The molecule has 0 heterocycles. The molecule has 0 aromatic heterocycles. The van der Waals surface area contributed by atoms with Crippen molar-refractivity contribution in [1.82, 2.24) is 0 Å². The third-order valence-corrected chi connectivity index (χ3v) is 5.97. The van der Waals surface area contributed by atoms with E-state index in [0.29, 0.717) is 6.42 Å². The highest BCUT2D eigenvalue weighted by molar-refractivity contribution is 8.15. The molecule has 166 valence electrons. The molecule has 0 spiro atoms. The van der Waals surface area contributed by atoms with Crippen molar-refractivity contribution in [2.75, 3.05) is 19.5 Å². The van der Waals surface area contributed by atoms with Crippen LogP contribution in [0.1, 0.15) is 17.5 Å². The summed E-state index contributed by atoms with van der Waals surface area (Å²) in [5.41, 5.74) is 1.93. The van der Waals surface area contributed by atoms with Gasteiger partial charge in [0.05, 0.1) is 20.1 Å². The molecule has 0 atom stereocenters. The smallest absolute Gasteiger partial charge is 0.366 e. The summed E-state index contributed by atoms with van der Waals surface area (Å²) in [7, 11) is -3.06. The molecule has 0 fully saturated rings. The van der Waals surface area contributed by atoms with Crippen molar-refractivity contribution in [2.24, 2.45) is 5.16 Å². The third-order valence-electron chi connectivity index (χ3n) is 3.93. The zero-order valence-corrected chi connectivity index (χ0v) is 18.8. The minimum atomic E-state index is -4.19. The number of carbonyl (C=O) groups excluding carboxylic acids is 2. The SMILES string of the molecule is COC(=O)/C(=N/OS(=O)(=O)c1ccc(C)cc1)SCCC(=O)OCCc1ccccc1. The average molecular weight is 466 g/mol. The summed E-state index contributed by atoms with van der Waals surface area (Å²) in [6.45, 7) is 2.05. The van der Waals surface area contributed by atoms with Gasteiger partial charge in [-0.25, -0.2) is 4.79 Å². The first-order valence-corrected chi connectivity index (χ1v) is 11.7. The highest BCUT2D eigenvalue weighted by atomic mass is 32.2. The van der Waals surface area contributed by atoms with Crippen LogP contribution in [0, 0.1) is 6.92 Å². The van der Waals surface area contributed by atoms with Crippen molar-refractivity contribution in [1.29, 1.82) is 0 Å². The van der Waals surface area contributed by atoms with Crippen LogP contribution in [0.5, 0.6) is 0 Å². The fourth-order valence-electron chi connectivity index (χ4n) is 2.27. The van der Waals surface area contributed by atoms with Gasteiger partial charge in [-0.1, -0.05) is 64.9 Å².